The van der Waals surface area contributed by atoms with Crippen molar-refractivity contribution >= 4 is 35.6 Å². The van der Waals surface area contributed by atoms with E-state index in [1.165, 1.54) is 16.7 Å². The van der Waals surface area contributed by atoms with Crippen LogP contribution in [0.5, 0.6) is 0 Å². The van der Waals surface area contributed by atoms with E-state index < -0.39 is 29.4 Å². The molecule has 33 heavy (non-hydrogen) atoms. The normalized spacial score (nSPS) is 23.0. The standard InChI is InChI=1S/C22H26N4O6S/c1-24-7-9-25(10-8-24)22(31)32-12-15-13-33-20-17(19(28)26(20)18(15)21(29)30)23-16(27)11-14-5-3-2-4-6-14/h2-6,17,20H,7-13H2,1H3,(H,23,27)(H,29,30)/t17?,20-/m1/s1. The Balaban J connectivity index is 1.37. The van der Waals surface area contributed by atoms with Crippen LogP contribution in [-0.2, 0) is 25.5 Å². The van der Waals surface area contributed by atoms with Crippen molar-refractivity contribution in [3.05, 3.63) is 47.2 Å². The minimum absolute atomic E-state index is 0.136. The average Bonchev–Trinajstić information content (AvgIpc) is 2.81. The predicted octanol–water partition coefficient (Wildman–Crippen LogP) is 0.352. The van der Waals surface area contributed by atoms with Crippen molar-refractivity contribution in [3.8, 4) is 0 Å². The average molecular weight is 475 g/mol. The summed E-state index contributed by atoms with van der Waals surface area (Å²) in [6.45, 7) is 2.39. The fraction of sp³-hybridized carbons (Fsp3) is 0.455. The molecule has 0 radical (unpaired) electrons. The Morgan fingerprint density at radius 3 is 2.52 bits per heavy atom. The number of hydrogen-bond donors (Lipinski definition) is 2. The van der Waals surface area contributed by atoms with Crippen LogP contribution in [0.4, 0.5) is 4.79 Å². The van der Waals surface area contributed by atoms with Gasteiger partial charge in [-0.15, -0.1) is 11.8 Å². The second-order valence-corrected chi connectivity index (χ2v) is 9.32. The summed E-state index contributed by atoms with van der Waals surface area (Å²) in [4.78, 5) is 54.3. The van der Waals surface area contributed by atoms with E-state index in [4.69, 9.17) is 4.74 Å². The second-order valence-electron chi connectivity index (χ2n) is 8.22. The highest BCUT2D eigenvalue weighted by molar-refractivity contribution is 8.00. The van der Waals surface area contributed by atoms with Crippen molar-refractivity contribution in [1.29, 1.82) is 0 Å². The van der Waals surface area contributed by atoms with Gasteiger partial charge in [0, 0.05) is 37.5 Å². The molecule has 10 nitrogen and oxygen atoms in total. The van der Waals surface area contributed by atoms with Gasteiger partial charge < -0.3 is 25.0 Å². The van der Waals surface area contributed by atoms with Crippen LogP contribution in [0, 0.1) is 0 Å². The largest absolute Gasteiger partial charge is 0.477 e. The maximum atomic E-state index is 12.7. The van der Waals surface area contributed by atoms with Gasteiger partial charge in [-0.3, -0.25) is 14.5 Å². The molecule has 4 rings (SSSR count). The van der Waals surface area contributed by atoms with Gasteiger partial charge >= 0.3 is 12.1 Å². The summed E-state index contributed by atoms with van der Waals surface area (Å²) in [5.74, 6) is -1.74. The Kier molecular flexibility index (Phi) is 6.89. The number of rotatable bonds is 6. The van der Waals surface area contributed by atoms with Crippen molar-refractivity contribution in [2.75, 3.05) is 45.6 Å². The maximum Gasteiger partial charge on any atom is 0.410 e. The molecule has 0 spiro atoms. The Bertz CT molecular complexity index is 976. The van der Waals surface area contributed by atoms with E-state index in [2.05, 4.69) is 10.2 Å². The Morgan fingerprint density at radius 2 is 1.85 bits per heavy atom. The molecule has 11 heteroatoms. The van der Waals surface area contributed by atoms with Crippen LogP contribution in [0.25, 0.3) is 0 Å². The van der Waals surface area contributed by atoms with Crippen molar-refractivity contribution in [2.45, 2.75) is 17.8 Å². The van der Waals surface area contributed by atoms with Crippen LogP contribution in [0.1, 0.15) is 5.56 Å². The van der Waals surface area contributed by atoms with E-state index >= 15 is 0 Å². The molecule has 1 aromatic carbocycles. The number of likely N-dealkylation sites (N-methyl/N-ethyl adjacent to an activating group) is 1. The zero-order valence-corrected chi connectivity index (χ0v) is 19.0. The van der Waals surface area contributed by atoms with E-state index in [0.29, 0.717) is 18.7 Å². The molecule has 3 aliphatic heterocycles. The van der Waals surface area contributed by atoms with Gasteiger partial charge in [0.25, 0.3) is 5.91 Å². The van der Waals surface area contributed by atoms with E-state index in [9.17, 15) is 24.3 Å². The molecule has 0 aromatic heterocycles. The van der Waals surface area contributed by atoms with Crippen LogP contribution >= 0.6 is 11.8 Å². The molecule has 3 aliphatic rings. The maximum absolute atomic E-state index is 12.7. The zero-order chi connectivity index (χ0) is 23.5. The van der Waals surface area contributed by atoms with Gasteiger partial charge in [-0.1, -0.05) is 30.3 Å². The highest BCUT2D eigenvalue weighted by Crippen LogP contribution is 2.40. The lowest BCUT2D eigenvalue weighted by Gasteiger charge is -2.49. The van der Waals surface area contributed by atoms with Crippen LogP contribution in [0.15, 0.2) is 41.6 Å². The highest BCUT2D eigenvalue weighted by Gasteiger charge is 2.54. The number of carboxylic acids is 1. The van der Waals surface area contributed by atoms with Gasteiger partial charge in [-0.2, -0.15) is 0 Å². The van der Waals surface area contributed by atoms with Gasteiger partial charge in [-0.05, 0) is 12.6 Å². The molecule has 2 atom stereocenters. The smallest absolute Gasteiger partial charge is 0.410 e. The van der Waals surface area contributed by atoms with Crippen molar-refractivity contribution in [3.63, 3.8) is 0 Å². The number of fused-ring (bicyclic) bond motifs is 1. The summed E-state index contributed by atoms with van der Waals surface area (Å²) < 4.78 is 5.36. The first-order valence-corrected chi connectivity index (χ1v) is 11.7. The first-order valence-electron chi connectivity index (χ1n) is 10.7. The number of carbonyl (C=O) groups excluding carboxylic acids is 3. The molecule has 176 valence electrons. The summed E-state index contributed by atoms with van der Waals surface area (Å²) in [6, 6.07) is 8.38. The van der Waals surface area contributed by atoms with Gasteiger partial charge in [0.1, 0.15) is 23.7 Å². The third-order valence-corrected chi connectivity index (χ3v) is 7.24. The van der Waals surface area contributed by atoms with Crippen molar-refractivity contribution in [1.82, 2.24) is 20.0 Å². The number of carbonyl (C=O) groups is 4. The number of benzene rings is 1. The van der Waals surface area contributed by atoms with Crippen molar-refractivity contribution < 1.29 is 29.0 Å². The minimum Gasteiger partial charge on any atom is -0.477 e. The molecule has 2 fully saturated rings. The van der Waals surface area contributed by atoms with Gasteiger partial charge in [-0.25, -0.2) is 9.59 Å². The Hall–Kier alpha value is -3.05. The molecule has 3 amide bonds. The van der Waals surface area contributed by atoms with Gasteiger partial charge in [0.05, 0.1) is 6.42 Å². The molecule has 1 aromatic rings. The summed E-state index contributed by atoms with van der Waals surface area (Å²) in [5.41, 5.74) is 1.03. The molecular weight excluding hydrogens is 448 g/mol. The van der Waals surface area contributed by atoms with Gasteiger partial charge in [0.2, 0.25) is 5.91 Å². The van der Waals surface area contributed by atoms with E-state index in [1.54, 1.807) is 4.90 Å². The van der Waals surface area contributed by atoms with Crippen LogP contribution in [-0.4, -0.2) is 101 Å². The van der Waals surface area contributed by atoms with Crippen LogP contribution in [0.3, 0.4) is 0 Å². The second kappa shape index (κ2) is 9.84. The number of ether oxygens (including phenoxy) is 1. The molecule has 0 saturated carbocycles. The first kappa shape index (κ1) is 23.1. The topological polar surface area (TPSA) is 119 Å². The lowest BCUT2D eigenvalue weighted by Crippen LogP contribution is -2.70. The molecule has 0 bridgehead atoms. The van der Waals surface area contributed by atoms with Gasteiger partial charge in [0.15, 0.2) is 0 Å². The lowest BCUT2D eigenvalue weighted by molar-refractivity contribution is -0.150. The SMILES string of the molecule is CN1CCN(C(=O)OCC2=C(C(=O)O)N3C(=O)C(NC(=O)Cc4ccccc4)[C@H]3SC2)CC1. The van der Waals surface area contributed by atoms with Crippen LogP contribution < -0.4 is 5.32 Å². The summed E-state index contributed by atoms with van der Waals surface area (Å²) in [7, 11) is 1.98. The third kappa shape index (κ3) is 4.98. The molecule has 1 unspecified atom stereocenters. The molecular formula is C22H26N4O6S. The number of β-lactam (4-membered cyclic amide) rings is 1. The quantitative estimate of drug-likeness (QED) is 0.567. The number of piperazine rings is 1. The predicted molar refractivity (Wildman–Crippen MR) is 120 cm³/mol. The third-order valence-electron chi connectivity index (χ3n) is 5.91. The highest BCUT2D eigenvalue weighted by atomic mass is 32.2. The Morgan fingerprint density at radius 1 is 1.15 bits per heavy atom. The number of thioether (sulfide) groups is 1. The van der Waals surface area contributed by atoms with Crippen molar-refractivity contribution in [2.24, 2.45) is 0 Å². The number of aliphatic carboxylic acids is 1. The van der Waals surface area contributed by atoms with E-state index in [1.807, 2.05) is 37.4 Å². The van der Waals surface area contributed by atoms with Crippen LogP contribution in [0.2, 0.25) is 0 Å². The fourth-order valence-electron chi connectivity index (χ4n) is 4.03. The summed E-state index contributed by atoms with van der Waals surface area (Å²) in [6.07, 6.45) is -0.356. The number of carboxylic acid groups (broad SMARTS) is 1. The summed E-state index contributed by atoms with van der Waals surface area (Å²) in [5, 5.41) is 12.0. The lowest BCUT2D eigenvalue weighted by atomic mass is 10.0. The first-order chi connectivity index (χ1) is 15.8. The molecule has 3 heterocycles. The molecule has 2 N–H and O–H groups in total. The number of nitrogens with one attached hydrogen (secondary N) is 1. The number of nitrogens with zero attached hydrogens (tertiary/aromatic N) is 3. The summed E-state index contributed by atoms with van der Waals surface area (Å²) >= 11 is 1.35. The number of hydrogen-bond acceptors (Lipinski definition) is 7. The fourth-order valence-corrected chi connectivity index (χ4v) is 5.36. The zero-order valence-electron chi connectivity index (χ0n) is 18.2. The van der Waals surface area contributed by atoms with E-state index in [0.717, 1.165) is 18.7 Å². The molecule has 0 aliphatic carbocycles. The van der Waals surface area contributed by atoms with E-state index in [-0.39, 0.29) is 30.4 Å². The monoisotopic (exact) mass is 474 g/mol. The Labute approximate surface area is 195 Å². The number of amides is 3. The molecule has 2 saturated heterocycles. The minimum atomic E-state index is -1.26.